The Morgan fingerprint density at radius 2 is 1.60 bits per heavy atom. The molecule has 1 fully saturated rings. The zero-order valence-electron chi connectivity index (χ0n) is 9.79. The highest BCUT2D eigenvalue weighted by molar-refractivity contribution is 7.87. The third-order valence-electron chi connectivity index (χ3n) is 2.52. The van der Waals surface area contributed by atoms with E-state index < -0.39 is 10.2 Å². The molecule has 15 heavy (non-hydrogen) atoms. The van der Waals surface area contributed by atoms with Crippen LogP contribution in [-0.2, 0) is 10.2 Å². The summed E-state index contributed by atoms with van der Waals surface area (Å²) >= 11 is 0. The highest BCUT2D eigenvalue weighted by atomic mass is 32.2. The van der Waals surface area contributed by atoms with Gasteiger partial charge in [-0.25, -0.2) is 5.14 Å². The lowest BCUT2D eigenvalue weighted by atomic mass is 9.80. The van der Waals surface area contributed by atoms with Crippen LogP contribution in [0.5, 0.6) is 0 Å². The molecule has 6 heteroatoms. The quantitative estimate of drug-likeness (QED) is 0.634. The average molecular weight is 235 g/mol. The molecule has 5 nitrogen and oxygen atoms in total. The molecule has 0 aliphatic carbocycles. The topological polar surface area (TPSA) is 84.2 Å². The minimum Gasteiger partial charge on any atom is -0.307 e. The average Bonchev–Trinajstić information content (AvgIpc) is 1.70. The van der Waals surface area contributed by atoms with Gasteiger partial charge in [0.15, 0.2) is 0 Å². The van der Waals surface area contributed by atoms with Gasteiger partial charge in [-0.15, -0.1) is 0 Å². The van der Waals surface area contributed by atoms with E-state index in [1.54, 1.807) is 0 Å². The molecule has 4 N–H and O–H groups in total. The van der Waals surface area contributed by atoms with E-state index in [0.717, 1.165) is 12.8 Å². The van der Waals surface area contributed by atoms with Crippen LogP contribution in [0.25, 0.3) is 0 Å². The summed E-state index contributed by atoms with van der Waals surface area (Å²) in [6.07, 6.45) is 1.49. The van der Waals surface area contributed by atoms with Gasteiger partial charge in [0.05, 0.1) is 0 Å². The number of nitrogens with two attached hydrogens (primary N) is 1. The van der Waals surface area contributed by atoms with Gasteiger partial charge in [-0.2, -0.15) is 13.1 Å². The van der Waals surface area contributed by atoms with Crippen LogP contribution in [0, 0.1) is 0 Å². The van der Waals surface area contributed by atoms with E-state index in [-0.39, 0.29) is 17.1 Å². The summed E-state index contributed by atoms with van der Waals surface area (Å²) in [4.78, 5) is 0. The maximum absolute atomic E-state index is 11.0. The second-order valence-electron chi connectivity index (χ2n) is 5.66. The molecule has 0 amide bonds. The number of piperidine rings is 1. The highest BCUT2D eigenvalue weighted by Crippen LogP contribution is 2.28. The van der Waals surface area contributed by atoms with Crippen molar-refractivity contribution in [3.05, 3.63) is 0 Å². The summed E-state index contributed by atoms with van der Waals surface area (Å²) in [6.45, 7) is 8.24. The first-order valence-corrected chi connectivity index (χ1v) is 6.63. The summed E-state index contributed by atoms with van der Waals surface area (Å²) in [5.41, 5.74) is -0.159. The van der Waals surface area contributed by atoms with Crippen molar-refractivity contribution in [2.75, 3.05) is 0 Å². The van der Waals surface area contributed by atoms with Crippen molar-refractivity contribution < 1.29 is 8.42 Å². The predicted molar refractivity (Wildman–Crippen MR) is 60.6 cm³/mol. The molecule has 0 aromatic rings. The van der Waals surface area contributed by atoms with E-state index >= 15 is 0 Å². The lowest BCUT2D eigenvalue weighted by Crippen LogP contribution is -2.62. The van der Waals surface area contributed by atoms with Crippen LogP contribution < -0.4 is 15.2 Å². The van der Waals surface area contributed by atoms with E-state index in [2.05, 4.69) is 37.7 Å². The van der Waals surface area contributed by atoms with Crippen LogP contribution in [0.15, 0.2) is 0 Å². The standard InChI is InChI=1S/C9H21N3O2S/c1-8(2)5-7(11-15(10,13)14)6-9(3,4)12-8/h7,11-12H,5-6H2,1-4H3,(H2,10,13,14). The Kier molecular flexibility index (Phi) is 3.17. The second kappa shape index (κ2) is 3.69. The van der Waals surface area contributed by atoms with Crippen LogP contribution in [0.3, 0.4) is 0 Å². The molecule has 0 aromatic heterocycles. The molecule has 1 aliphatic rings. The normalized spacial score (nSPS) is 26.5. The van der Waals surface area contributed by atoms with E-state index in [1.165, 1.54) is 0 Å². The van der Waals surface area contributed by atoms with E-state index in [9.17, 15) is 8.42 Å². The molecule has 90 valence electrons. The van der Waals surface area contributed by atoms with Gasteiger partial charge in [0.25, 0.3) is 10.2 Å². The van der Waals surface area contributed by atoms with Crippen molar-refractivity contribution in [3.8, 4) is 0 Å². The van der Waals surface area contributed by atoms with Crippen molar-refractivity contribution in [2.45, 2.75) is 57.7 Å². The van der Waals surface area contributed by atoms with Crippen LogP contribution in [-0.4, -0.2) is 25.5 Å². The lowest BCUT2D eigenvalue weighted by molar-refractivity contribution is 0.157. The molecule has 0 saturated carbocycles. The predicted octanol–water partition coefficient (Wildman–Crippen LogP) is 0.0887. The van der Waals surface area contributed by atoms with Gasteiger partial charge >= 0.3 is 0 Å². The van der Waals surface area contributed by atoms with Crippen LogP contribution in [0.4, 0.5) is 0 Å². The SMILES string of the molecule is CC1(C)CC(NS(N)(=O)=O)CC(C)(C)N1. The molecule has 0 unspecified atom stereocenters. The third kappa shape index (κ3) is 4.46. The minimum atomic E-state index is -3.60. The van der Waals surface area contributed by atoms with Gasteiger partial charge in [0.1, 0.15) is 0 Å². The first-order chi connectivity index (χ1) is 6.49. The number of nitrogens with one attached hydrogen (secondary N) is 2. The van der Waals surface area contributed by atoms with E-state index in [0.29, 0.717) is 0 Å². The molecular formula is C9H21N3O2S. The molecule has 0 radical (unpaired) electrons. The zero-order chi connectivity index (χ0) is 11.9. The largest absolute Gasteiger partial charge is 0.307 e. The Labute approximate surface area is 92.0 Å². The molecule has 0 aromatic carbocycles. The summed E-state index contributed by atoms with van der Waals surface area (Å²) in [5.74, 6) is 0. The Balaban J connectivity index is 2.76. The Morgan fingerprint density at radius 3 is 1.93 bits per heavy atom. The van der Waals surface area contributed by atoms with Gasteiger partial charge in [-0.3, -0.25) is 0 Å². The summed E-state index contributed by atoms with van der Waals surface area (Å²) in [6, 6.07) is -0.0914. The van der Waals surface area contributed by atoms with Gasteiger partial charge in [-0.1, -0.05) is 0 Å². The minimum absolute atomic E-state index is 0.0793. The third-order valence-corrected chi connectivity index (χ3v) is 3.18. The fraction of sp³-hybridized carbons (Fsp3) is 1.00. The first kappa shape index (κ1) is 12.9. The molecular weight excluding hydrogens is 214 g/mol. The maximum atomic E-state index is 11.0. The fourth-order valence-electron chi connectivity index (χ4n) is 2.64. The monoisotopic (exact) mass is 235 g/mol. The molecule has 0 spiro atoms. The molecule has 1 rings (SSSR count). The van der Waals surface area contributed by atoms with Gasteiger partial charge < -0.3 is 5.32 Å². The summed E-state index contributed by atoms with van der Waals surface area (Å²) in [5, 5.41) is 8.46. The van der Waals surface area contributed by atoms with Gasteiger partial charge in [0, 0.05) is 17.1 Å². The second-order valence-corrected chi connectivity index (χ2v) is 6.99. The van der Waals surface area contributed by atoms with Crippen molar-refractivity contribution in [2.24, 2.45) is 5.14 Å². The maximum Gasteiger partial charge on any atom is 0.274 e. The Morgan fingerprint density at radius 1 is 1.20 bits per heavy atom. The molecule has 1 aliphatic heterocycles. The van der Waals surface area contributed by atoms with Crippen LogP contribution in [0.2, 0.25) is 0 Å². The summed E-state index contributed by atoms with van der Waals surface area (Å²) in [7, 11) is -3.60. The number of hydrogen-bond acceptors (Lipinski definition) is 3. The summed E-state index contributed by atoms with van der Waals surface area (Å²) < 4.78 is 24.4. The zero-order valence-corrected chi connectivity index (χ0v) is 10.6. The Hall–Kier alpha value is -0.170. The van der Waals surface area contributed by atoms with Gasteiger partial charge in [-0.05, 0) is 40.5 Å². The van der Waals surface area contributed by atoms with Crippen molar-refractivity contribution in [1.29, 1.82) is 0 Å². The van der Waals surface area contributed by atoms with Crippen LogP contribution >= 0.6 is 0 Å². The Bertz CT molecular complexity index is 319. The molecule has 0 atom stereocenters. The number of rotatable bonds is 2. The first-order valence-electron chi connectivity index (χ1n) is 5.09. The van der Waals surface area contributed by atoms with Crippen molar-refractivity contribution in [3.63, 3.8) is 0 Å². The highest BCUT2D eigenvalue weighted by Gasteiger charge is 2.38. The molecule has 1 saturated heterocycles. The van der Waals surface area contributed by atoms with Crippen LogP contribution in [0.1, 0.15) is 40.5 Å². The number of hydrogen-bond donors (Lipinski definition) is 3. The molecule has 0 bridgehead atoms. The van der Waals surface area contributed by atoms with Gasteiger partial charge in [0.2, 0.25) is 0 Å². The van der Waals surface area contributed by atoms with Crippen molar-refractivity contribution >= 4 is 10.2 Å². The lowest BCUT2D eigenvalue weighted by Gasteiger charge is -2.46. The fourth-order valence-corrected chi connectivity index (χ4v) is 3.27. The van der Waals surface area contributed by atoms with Crippen molar-refractivity contribution in [1.82, 2.24) is 10.0 Å². The van der Waals surface area contributed by atoms with E-state index in [4.69, 9.17) is 5.14 Å². The smallest absolute Gasteiger partial charge is 0.274 e. The van der Waals surface area contributed by atoms with E-state index in [1.807, 2.05) is 0 Å². The molecule has 1 heterocycles.